The Kier molecular flexibility index (Phi) is 9.17. The molecule has 1 N–H and O–H groups in total. The molecule has 0 amide bonds. The van der Waals surface area contributed by atoms with Crippen molar-refractivity contribution in [3.05, 3.63) is 16.4 Å². The molecule has 0 fully saturated rings. The van der Waals surface area contributed by atoms with Gasteiger partial charge in [-0.2, -0.15) is 0 Å². The molecule has 1 rings (SSSR count). The lowest BCUT2D eigenvalue weighted by Crippen LogP contribution is -2.23. The normalized spacial score (nSPS) is 14.1. The fourth-order valence-corrected chi connectivity index (χ4v) is 2.96. The summed E-state index contributed by atoms with van der Waals surface area (Å²) in [5.41, 5.74) is -0.0632. The van der Waals surface area contributed by atoms with Gasteiger partial charge >= 0.3 is 5.76 Å². The molecule has 0 radical (unpaired) electrons. The second-order valence-corrected chi connectivity index (χ2v) is 6.79. The van der Waals surface area contributed by atoms with Crippen LogP contribution in [0, 0.1) is 0 Å². The van der Waals surface area contributed by atoms with Crippen LogP contribution in [0.5, 0.6) is 0 Å². The van der Waals surface area contributed by atoms with Gasteiger partial charge in [-0.15, -0.1) is 0 Å². The Labute approximate surface area is 135 Å². The Hall–Kier alpha value is -1.06. The third-order valence-electron chi connectivity index (χ3n) is 4.87. The Morgan fingerprint density at radius 1 is 0.955 bits per heavy atom. The summed E-state index contributed by atoms with van der Waals surface area (Å²) in [6, 6.07) is 0. The average molecular weight is 310 g/mol. The zero-order chi connectivity index (χ0) is 16.3. The van der Waals surface area contributed by atoms with Gasteiger partial charge in [0.1, 0.15) is 0 Å². The van der Waals surface area contributed by atoms with E-state index in [9.17, 15) is 4.79 Å². The molecule has 0 aliphatic rings. The van der Waals surface area contributed by atoms with Crippen molar-refractivity contribution in [2.75, 3.05) is 0 Å². The predicted molar refractivity (Wildman–Crippen MR) is 91.2 cm³/mol. The van der Waals surface area contributed by atoms with Crippen molar-refractivity contribution in [2.24, 2.45) is 0 Å². The van der Waals surface area contributed by atoms with Crippen molar-refractivity contribution < 1.29 is 4.52 Å². The van der Waals surface area contributed by atoms with Gasteiger partial charge in [0, 0.05) is 5.41 Å². The van der Waals surface area contributed by atoms with E-state index in [2.05, 4.69) is 35.4 Å². The van der Waals surface area contributed by atoms with Gasteiger partial charge in [-0.25, -0.2) is 4.79 Å². The molecular weight excluding hydrogens is 276 g/mol. The van der Waals surface area contributed by atoms with Crippen LogP contribution in [-0.4, -0.2) is 10.1 Å². The fraction of sp³-hybridized carbons (Fsp3) is 0.889. The van der Waals surface area contributed by atoms with E-state index in [0.29, 0.717) is 5.82 Å². The van der Waals surface area contributed by atoms with Gasteiger partial charge in [0.05, 0.1) is 0 Å². The van der Waals surface area contributed by atoms with Crippen molar-refractivity contribution in [3.8, 4) is 0 Å². The van der Waals surface area contributed by atoms with Crippen LogP contribution in [0.25, 0.3) is 0 Å². The van der Waals surface area contributed by atoms with Crippen LogP contribution >= 0.6 is 0 Å². The first-order valence-corrected chi connectivity index (χ1v) is 9.19. The highest BCUT2D eigenvalue weighted by Gasteiger charge is 2.28. The van der Waals surface area contributed by atoms with Crippen LogP contribution in [-0.2, 0) is 5.41 Å². The lowest BCUT2D eigenvalue weighted by molar-refractivity contribution is 0.333. The zero-order valence-corrected chi connectivity index (χ0v) is 14.7. The largest absolute Gasteiger partial charge is 0.438 e. The molecule has 1 atom stereocenters. The van der Waals surface area contributed by atoms with E-state index in [-0.39, 0.29) is 5.41 Å². The number of aromatic nitrogens is 2. The average Bonchev–Trinajstić information content (AvgIpc) is 2.96. The number of nitrogens with zero attached hydrogens (tertiary/aromatic N) is 1. The van der Waals surface area contributed by atoms with Gasteiger partial charge in [-0.05, 0) is 12.8 Å². The number of hydrogen-bond acceptors (Lipinski definition) is 3. The van der Waals surface area contributed by atoms with E-state index < -0.39 is 5.76 Å². The Balaban J connectivity index is 2.11. The van der Waals surface area contributed by atoms with Crippen molar-refractivity contribution in [1.29, 1.82) is 0 Å². The molecular formula is C18H34N2O2. The molecule has 0 saturated carbocycles. The third-order valence-corrected chi connectivity index (χ3v) is 4.87. The minimum atomic E-state index is -0.447. The molecule has 0 aliphatic carbocycles. The summed E-state index contributed by atoms with van der Waals surface area (Å²) in [4.78, 5) is 13.8. The predicted octanol–water partition coefficient (Wildman–Crippen LogP) is 5.34. The van der Waals surface area contributed by atoms with Gasteiger partial charge in [-0.3, -0.25) is 9.51 Å². The van der Waals surface area contributed by atoms with Crippen LogP contribution in [0.4, 0.5) is 0 Å². The highest BCUT2D eigenvalue weighted by Crippen LogP contribution is 2.30. The molecule has 1 aromatic rings. The second-order valence-electron chi connectivity index (χ2n) is 6.79. The van der Waals surface area contributed by atoms with E-state index in [0.717, 1.165) is 12.8 Å². The van der Waals surface area contributed by atoms with Crippen LogP contribution < -0.4 is 5.76 Å². The maximum atomic E-state index is 11.1. The minimum absolute atomic E-state index is 0.0632. The molecule has 1 unspecified atom stereocenters. The summed E-state index contributed by atoms with van der Waals surface area (Å²) < 4.78 is 4.65. The number of aromatic amines is 1. The number of unbranched alkanes of at least 4 members (excludes halogenated alkanes) is 9. The summed E-state index contributed by atoms with van der Waals surface area (Å²) >= 11 is 0. The minimum Gasteiger partial charge on any atom is -0.296 e. The molecule has 0 aliphatic heterocycles. The first kappa shape index (κ1) is 19.0. The van der Waals surface area contributed by atoms with E-state index in [1.807, 2.05) is 0 Å². The third kappa shape index (κ3) is 6.80. The maximum absolute atomic E-state index is 11.1. The Bertz CT molecular complexity index is 438. The van der Waals surface area contributed by atoms with E-state index in [4.69, 9.17) is 0 Å². The fourth-order valence-electron chi connectivity index (χ4n) is 2.96. The standard InChI is InChI=1S/C18H34N2O2/c1-4-6-7-8-9-10-11-12-13-14-15-18(3,5-2)16-19-17(21)22-20-16/h4-15H2,1-3H3,(H,19,20,21). The second kappa shape index (κ2) is 10.6. The van der Waals surface area contributed by atoms with Gasteiger partial charge in [0.15, 0.2) is 5.82 Å². The van der Waals surface area contributed by atoms with Crippen LogP contribution in [0.15, 0.2) is 9.32 Å². The molecule has 0 bridgehead atoms. The molecule has 0 spiro atoms. The zero-order valence-electron chi connectivity index (χ0n) is 14.7. The van der Waals surface area contributed by atoms with E-state index in [1.54, 1.807) is 0 Å². The van der Waals surface area contributed by atoms with Crippen molar-refractivity contribution in [1.82, 2.24) is 10.1 Å². The molecule has 0 saturated heterocycles. The summed E-state index contributed by atoms with van der Waals surface area (Å²) in [5.74, 6) is 0.258. The number of rotatable bonds is 13. The SMILES string of the molecule is CCCCCCCCCCCCC(C)(CC)c1noc(=O)[nH]1. The smallest absolute Gasteiger partial charge is 0.296 e. The summed E-state index contributed by atoms with van der Waals surface area (Å²) in [7, 11) is 0. The number of nitrogens with one attached hydrogen (secondary N) is 1. The Morgan fingerprint density at radius 2 is 1.50 bits per heavy atom. The van der Waals surface area contributed by atoms with Crippen molar-refractivity contribution >= 4 is 0 Å². The maximum Gasteiger partial charge on any atom is 0.438 e. The monoisotopic (exact) mass is 310 g/mol. The summed E-state index contributed by atoms with van der Waals surface area (Å²) in [5, 5.41) is 3.88. The lowest BCUT2D eigenvalue weighted by Gasteiger charge is -2.24. The molecule has 0 aromatic carbocycles. The van der Waals surface area contributed by atoms with E-state index in [1.165, 1.54) is 64.2 Å². The summed E-state index contributed by atoms with van der Waals surface area (Å²) in [6.07, 6.45) is 15.5. The van der Waals surface area contributed by atoms with Gasteiger partial charge in [0.2, 0.25) is 0 Å². The summed E-state index contributed by atoms with van der Waals surface area (Å²) in [6.45, 7) is 6.57. The Morgan fingerprint density at radius 3 is 1.95 bits per heavy atom. The molecule has 1 heterocycles. The number of hydrogen-bond donors (Lipinski definition) is 1. The van der Waals surface area contributed by atoms with Gasteiger partial charge in [0.25, 0.3) is 0 Å². The molecule has 1 aromatic heterocycles. The van der Waals surface area contributed by atoms with Gasteiger partial charge in [-0.1, -0.05) is 90.1 Å². The molecule has 22 heavy (non-hydrogen) atoms. The quantitative estimate of drug-likeness (QED) is 0.500. The highest BCUT2D eigenvalue weighted by molar-refractivity contribution is 5.02. The number of H-pyrrole nitrogens is 1. The van der Waals surface area contributed by atoms with Crippen LogP contribution in [0.2, 0.25) is 0 Å². The molecule has 4 heteroatoms. The topological polar surface area (TPSA) is 58.9 Å². The first-order valence-electron chi connectivity index (χ1n) is 9.19. The van der Waals surface area contributed by atoms with Crippen molar-refractivity contribution in [2.45, 2.75) is 103 Å². The van der Waals surface area contributed by atoms with Crippen LogP contribution in [0.3, 0.4) is 0 Å². The lowest BCUT2D eigenvalue weighted by atomic mass is 9.81. The molecule has 4 nitrogen and oxygen atoms in total. The van der Waals surface area contributed by atoms with Crippen LogP contribution in [0.1, 0.15) is 104 Å². The van der Waals surface area contributed by atoms with Crippen molar-refractivity contribution in [3.63, 3.8) is 0 Å². The van der Waals surface area contributed by atoms with Gasteiger partial charge < -0.3 is 0 Å². The first-order chi connectivity index (χ1) is 10.6. The highest BCUT2D eigenvalue weighted by atomic mass is 16.5. The van der Waals surface area contributed by atoms with E-state index >= 15 is 0 Å². The molecule has 128 valence electrons.